The number of hydrogen-bond acceptors (Lipinski definition) is 5. The molecule has 3 rings (SSSR count). The molecule has 2 heterocycles. The van der Waals surface area contributed by atoms with Gasteiger partial charge in [0, 0.05) is 48.3 Å². The van der Waals surface area contributed by atoms with E-state index >= 15 is 0 Å². The summed E-state index contributed by atoms with van der Waals surface area (Å²) in [6, 6.07) is 10.2. The van der Waals surface area contributed by atoms with E-state index in [-0.39, 0.29) is 17.0 Å². The molecule has 1 aromatic carbocycles. The zero-order valence-electron chi connectivity index (χ0n) is 14.2. The van der Waals surface area contributed by atoms with Crippen LogP contribution in [-0.2, 0) is 14.9 Å². The van der Waals surface area contributed by atoms with Crippen molar-refractivity contribution < 1.29 is 14.5 Å². The zero-order chi connectivity index (χ0) is 18.4. The van der Waals surface area contributed by atoms with Crippen LogP contribution in [0.4, 0.5) is 5.69 Å². The van der Waals surface area contributed by atoms with E-state index in [4.69, 9.17) is 4.74 Å². The molecule has 1 aliphatic heterocycles. The molecule has 1 saturated heterocycles. The standard InChI is InChI=1S/C19H20N2O4S/c22-18(8-5-15-3-6-16(7-4-15)21(23)24)20-14-19(9-11-25-12-10-19)17-2-1-13-26-17/h1-8,13H,9-12,14H2,(H,20,22)/b8-5+. The summed E-state index contributed by atoms with van der Waals surface area (Å²) in [4.78, 5) is 23.7. The smallest absolute Gasteiger partial charge is 0.269 e. The molecule has 26 heavy (non-hydrogen) atoms. The van der Waals surface area contributed by atoms with Crippen molar-refractivity contribution in [3.05, 3.63) is 68.4 Å². The molecule has 0 spiro atoms. The van der Waals surface area contributed by atoms with Gasteiger partial charge in [-0.2, -0.15) is 0 Å². The number of hydrogen-bond donors (Lipinski definition) is 1. The van der Waals surface area contributed by atoms with Crippen molar-refractivity contribution in [3.63, 3.8) is 0 Å². The second-order valence-electron chi connectivity index (χ2n) is 6.27. The molecule has 0 radical (unpaired) electrons. The molecule has 2 aromatic rings. The molecular weight excluding hydrogens is 352 g/mol. The molecule has 1 amide bonds. The predicted molar refractivity (Wildman–Crippen MR) is 101 cm³/mol. The first-order valence-electron chi connectivity index (χ1n) is 8.41. The molecule has 1 fully saturated rings. The number of nitrogens with zero attached hydrogens (tertiary/aromatic N) is 1. The van der Waals surface area contributed by atoms with Gasteiger partial charge in [-0.1, -0.05) is 6.07 Å². The van der Waals surface area contributed by atoms with Gasteiger partial charge in [0.2, 0.25) is 5.91 Å². The minimum absolute atomic E-state index is 0.0315. The Bertz CT molecular complexity index is 778. The van der Waals surface area contributed by atoms with Crippen molar-refractivity contribution in [3.8, 4) is 0 Å². The molecular formula is C19H20N2O4S. The first-order chi connectivity index (χ1) is 12.6. The first kappa shape index (κ1) is 18.3. The molecule has 0 atom stereocenters. The number of non-ortho nitro benzene ring substituents is 1. The molecule has 7 heteroatoms. The van der Waals surface area contributed by atoms with Crippen molar-refractivity contribution in [2.24, 2.45) is 0 Å². The SMILES string of the molecule is O=C(/C=C/c1ccc([N+](=O)[O-])cc1)NCC1(c2cccs2)CCOCC1. The third-order valence-electron chi connectivity index (χ3n) is 4.63. The Kier molecular flexibility index (Phi) is 5.80. The van der Waals surface area contributed by atoms with Gasteiger partial charge in [0.25, 0.3) is 5.69 Å². The van der Waals surface area contributed by atoms with Crippen LogP contribution in [-0.4, -0.2) is 30.6 Å². The molecule has 136 valence electrons. The van der Waals surface area contributed by atoms with Crippen LogP contribution < -0.4 is 5.32 Å². The number of benzene rings is 1. The molecule has 0 unspecified atom stereocenters. The lowest BCUT2D eigenvalue weighted by atomic mass is 9.78. The summed E-state index contributed by atoms with van der Waals surface area (Å²) in [5, 5.41) is 15.7. The summed E-state index contributed by atoms with van der Waals surface area (Å²) in [6.07, 6.45) is 4.89. The van der Waals surface area contributed by atoms with Crippen LogP contribution in [0.3, 0.4) is 0 Å². The summed E-state index contributed by atoms with van der Waals surface area (Å²) in [6.45, 7) is 1.97. The molecule has 0 saturated carbocycles. The van der Waals surface area contributed by atoms with Crippen LogP contribution in [0.2, 0.25) is 0 Å². The van der Waals surface area contributed by atoms with Crippen LogP contribution in [0.25, 0.3) is 6.08 Å². The second-order valence-corrected chi connectivity index (χ2v) is 7.22. The van der Waals surface area contributed by atoms with Gasteiger partial charge in [0.1, 0.15) is 0 Å². The van der Waals surface area contributed by atoms with Crippen LogP contribution in [0, 0.1) is 10.1 Å². The second kappa shape index (κ2) is 8.25. The highest BCUT2D eigenvalue weighted by atomic mass is 32.1. The van der Waals surface area contributed by atoms with Gasteiger partial charge in [-0.3, -0.25) is 14.9 Å². The first-order valence-corrected chi connectivity index (χ1v) is 9.29. The maximum absolute atomic E-state index is 12.2. The zero-order valence-corrected chi connectivity index (χ0v) is 15.0. The van der Waals surface area contributed by atoms with Crippen molar-refractivity contribution in [2.75, 3.05) is 19.8 Å². The average molecular weight is 372 g/mol. The fourth-order valence-electron chi connectivity index (χ4n) is 3.05. The van der Waals surface area contributed by atoms with Crippen molar-refractivity contribution in [2.45, 2.75) is 18.3 Å². The summed E-state index contributed by atoms with van der Waals surface area (Å²) < 4.78 is 5.49. The topological polar surface area (TPSA) is 81.5 Å². The average Bonchev–Trinajstić information content (AvgIpc) is 3.21. The number of ether oxygens (including phenoxy) is 1. The van der Waals surface area contributed by atoms with E-state index in [0.717, 1.165) is 18.4 Å². The summed E-state index contributed by atoms with van der Waals surface area (Å²) in [5.41, 5.74) is 0.706. The highest BCUT2D eigenvalue weighted by Gasteiger charge is 2.35. The van der Waals surface area contributed by atoms with E-state index in [2.05, 4.69) is 16.8 Å². The fourth-order valence-corrected chi connectivity index (χ4v) is 4.03. The fraction of sp³-hybridized carbons (Fsp3) is 0.316. The van der Waals surface area contributed by atoms with Gasteiger partial charge in [0.05, 0.1) is 4.92 Å². The third kappa shape index (κ3) is 4.36. The maximum Gasteiger partial charge on any atom is 0.269 e. The molecule has 0 bridgehead atoms. The van der Waals surface area contributed by atoms with E-state index in [0.29, 0.717) is 19.8 Å². The summed E-state index contributed by atoms with van der Waals surface area (Å²) >= 11 is 1.71. The predicted octanol–water partition coefficient (Wildman–Crippen LogP) is 3.53. The Morgan fingerprint density at radius 1 is 1.27 bits per heavy atom. The Labute approximate surface area is 155 Å². The Morgan fingerprint density at radius 2 is 2.00 bits per heavy atom. The monoisotopic (exact) mass is 372 g/mol. The van der Waals surface area contributed by atoms with Crippen LogP contribution in [0.5, 0.6) is 0 Å². The van der Waals surface area contributed by atoms with Gasteiger partial charge in [-0.05, 0) is 48.1 Å². The Hall–Kier alpha value is -2.51. The summed E-state index contributed by atoms with van der Waals surface area (Å²) in [5.74, 6) is -0.175. The molecule has 1 N–H and O–H groups in total. The van der Waals surface area contributed by atoms with E-state index in [1.54, 1.807) is 29.5 Å². The molecule has 1 aromatic heterocycles. The van der Waals surface area contributed by atoms with Crippen molar-refractivity contribution in [1.29, 1.82) is 0 Å². The number of rotatable bonds is 6. The number of nitro groups is 1. The van der Waals surface area contributed by atoms with Gasteiger partial charge in [0.15, 0.2) is 0 Å². The number of carbonyl (C=O) groups is 1. The highest BCUT2D eigenvalue weighted by Crippen LogP contribution is 2.36. The van der Waals surface area contributed by atoms with E-state index in [1.165, 1.54) is 23.1 Å². The van der Waals surface area contributed by atoms with E-state index in [9.17, 15) is 14.9 Å². The largest absolute Gasteiger partial charge is 0.381 e. The Balaban J connectivity index is 1.61. The molecule has 1 aliphatic rings. The lowest BCUT2D eigenvalue weighted by molar-refractivity contribution is -0.384. The lowest BCUT2D eigenvalue weighted by Crippen LogP contribution is -2.43. The maximum atomic E-state index is 12.2. The normalized spacial score (nSPS) is 16.5. The van der Waals surface area contributed by atoms with Crippen LogP contribution in [0.15, 0.2) is 47.9 Å². The van der Waals surface area contributed by atoms with E-state index in [1.807, 2.05) is 6.07 Å². The highest BCUT2D eigenvalue weighted by molar-refractivity contribution is 7.10. The van der Waals surface area contributed by atoms with Crippen LogP contribution in [0.1, 0.15) is 23.3 Å². The lowest BCUT2D eigenvalue weighted by Gasteiger charge is -2.36. The number of thiophene rings is 1. The van der Waals surface area contributed by atoms with Crippen LogP contribution >= 0.6 is 11.3 Å². The summed E-state index contributed by atoms with van der Waals surface area (Å²) in [7, 11) is 0. The van der Waals surface area contributed by atoms with Crippen molar-refractivity contribution >= 4 is 29.0 Å². The molecule has 6 nitrogen and oxygen atoms in total. The van der Waals surface area contributed by atoms with Gasteiger partial charge < -0.3 is 10.1 Å². The quantitative estimate of drug-likeness (QED) is 0.478. The van der Waals surface area contributed by atoms with Gasteiger partial charge in [-0.15, -0.1) is 11.3 Å². The minimum atomic E-state index is -0.446. The number of carbonyl (C=O) groups excluding carboxylic acids is 1. The van der Waals surface area contributed by atoms with Gasteiger partial charge in [-0.25, -0.2) is 0 Å². The van der Waals surface area contributed by atoms with Gasteiger partial charge >= 0.3 is 0 Å². The molecule has 0 aliphatic carbocycles. The number of nitro benzene ring substituents is 1. The number of nitrogens with one attached hydrogen (secondary N) is 1. The third-order valence-corrected chi connectivity index (χ3v) is 5.74. The minimum Gasteiger partial charge on any atom is -0.381 e. The van der Waals surface area contributed by atoms with E-state index < -0.39 is 4.92 Å². The number of amides is 1. The van der Waals surface area contributed by atoms with Crippen molar-refractivity contribution in [1.82, 2.24) is 5.32 Å². The Morgan fingerprint density at radius 3 is 2.62 bits per heavy atom.